The van der Waals surface area contributed by atoms with E-state index in [1.165, 1.54) is 6.92 Å². The molecule has 0 saturated carbocycles. The molecule has 0 bridgehead atoms. The monoisotopic (exact) mass is 145 g/mol. The van der Waals surface area contributed by atoms with Crippen molar-refractivity contribution in [1.29, 1.82) is 0 Å². The van der Waals surface area contributed by atoms with Gasteiger partial charge >= 0.3 is 11.9 Å². The van der Waals surface area contributed by atoms with E-state index in [-0.39, 0.29) is 5.71 Å². The van der Waals surface area contributed by atoms with Gasteiger partial charge in [0.15, 0.2) is 5.71 Å². The van der Waals surface area contributed by atoms with Crippen LogP contribution in [0.2, 0.25) is 0 Å². The van der Waals surface area contributed by atoms with E-state index in [4.69, 9.17) is 5.11 Å². The van der Waals surface area contributed by atoms with Gasteiger partial charge in [0, 0.05) is 6.92 Å². The van der Waals surface area contributed by atoms with Crippen LogP contribution in [0.3, 0.4) is 0 Å². The third kappa shape index (κ3) is 3.59. The molecule has 0 aliphatic rings. The van der Waals surface area contributed by atoms with Crippen LogP contribution in [0.15, 0.2) is 5.16 Å². The smallest absolute Gasteiger partial charge is 0.353 e. The van der Waals surface area contributed by atoms with Crippen molar-refractivity contribution in [2.24, 2.45) is 5.16 Å². The first kappa shape index (κ1) is 8.61. The summed E-state index contributed by atoms with van der Waals surface area (Å²) in [5.41, 5.74) is -0.254. The van der Waals surface area contributed by atoms with E-state index >= 15 is 0 Å². The first-order valence-electron chi connectivity index (χ1n) is 2.49. The van der Waals surface area contributed by atoms with Crippen molar-refractivity contribution in [3.05, 3.63) is 0 Å². The minimum atomic E-state index is -1.21. The quantitative estimate of drug-likeness (QED) is 0.337. The minimum Gasteiger partial charge on any atom is -0.477 e. The normalized spacial score (nSPS) is 10.8. The molecule has 0 atom stereocenters. The lowest BCUT2D eigenvalue weighted by Crippen LogP contribution is -2.09. The van der Waals surface area contributed by atoms with Crippen LogP contribution in [0.25, 0.3) is 0 Å². The maximum atomic E-state index is 10.0. The van der Waals surface area contributed by atoms with Crippen LogP contribution in [0.4, 0.5) is 0 Å². The number of rotatable bonds is 2. The number of carbonyl (C=O) groups excluding carboxylic acids is 1. The fourth-order valence-corrected chi connectivity index (χ4v) is 0.172. The highest BCUT2D eigenvalue weighted by atomic mass is 16.7. The van der Waals surface area contributed by atoms with Crippen molar-refractivity contribution in [1.82, 2.24) is 0 Å². The van der Waals surface area contributed by atoms with Crippen molar-refractivity contribution in [2.75, 3.05) is 0 Å². The number of aliphatic carboxylic acids is 1. The summed E-state index contributed by atoms with van der Waals surface area (Å²) < 4.78 is 0. The number of nitrogens with zero attached hydrogens (tertiary/aromatic N) is 1. The van der Waals surface area contributed by atoms with E-state index in [0.717, 1.165) is 6.92 Å². The largest absolute Gasteiger partial charge is 0.477 e. The van der Waals surface area contributed by atoms with Crippen molar-refractivity contribution in [3.8, 4) is 0 Å². The van der Waals surface area contributed by atoms with Crippen LogP contribution in [0, 0.1) is 0 Å². The Morgan fingerprint density at radius 2 is 1.90 bits per heavy atom. The second-order valence-electron chi connectivity index (χ2n) is 1.56. The van der Waals surface area contributed by atoms with Gasteiger partial charge in [-0.1, -0.05) is 5.16 Å². The molecular formula is C5H7NO4. The number of carboxylic acid groups (broad SMARTS) is 1. The van der Waals surface area contributed by atoms with Gasteiger partial charge in [-0.05, 0) is 6.92 Å². The van der Waals surface area contributed by atoms with Crippen molar-refractivity contribution in [2.45, 2.75) is 13.8 Å². The molecular weight excluding hydrogens is 138 g/mol. The fraction of sp³-hybridized carbons (Fsp3) is 0.400. The Morgan fingerprint density at radius 3 is 2.20 bits per heavy atom. The second kappa shape index (κ2) is 3.60. The average Bonchev–Trinajstić information content (AvgIpc) is 1.82. The van der Waals surface area contributed by atoms with Crippen LogP contribution in [0.1, 0.15) is 13.8 Å². The SMILES string of the molecule is CC(=O)O/N=C(\C)C(=O)O. The van der Waals surface area contributed by atoms with Crippen LogP contribution in [-0.2, 0) is 14.4 Å². The number of carbonyl (C=O) groups is 2. The minimum absolute atomic E-state index is 0.254. The van der Waals surface area contributed by atoms with Gasteiger partial charge in [0.25, 0.3) is 0 Å². The molecule has 1 N–H and O–H groups in total. The average molecular weight is 145 g/mol. The highest BCUT2D eigenvalue weighted by Gasteiger charge is 2.01. The molecule has 0 rings (SSSR count). The Balaban J connectivity index is 3.92. The third-order valence-electron chi connectivity index (χ3n) is 0.621. The lowest BCUT2D eigenvalue weighted by Gasteiger charge is -1.90. The molecule has 56 valence electrons. The Kier molecular flexibility index (Phi) is 3.10. The van der Waals surface area contributed by atoms with Gasteiger partial charge in [-0.25, -0.2) is 9.59 Å². The van der Waals surface area contributed by atoms with E-state index in [0.29, 0.717) is 0 Å². The molecule has 0 aliphatic heterocycles. The maximum absolute atomic E-state index is 10.0. The van der Waals surface area contributed by atoms with E-state index in [1.807, 2.05) is 0 Å². The summed E-state index contributed by atoms with van der Waals surface area (Å²) in [4.78, 5) is 24.1. The van der Waals surface area contributed by atoms with Crippen LogP contribution >= 0.6 is 0 Å². The van der Waals surface area contributed by atoms with Gasteiger partial charge in [0.2, 0.25) is 0 Å². The molecule has 0 aromatic carbocycles. The lowest BCUT2D eigenvalue weighted by molar-refractivity contribution is -0.141. The number of hydrogen-bond donors (Lipinski definition) is 1. The molecule has 0 aromatic rings. The molecule has 5 heteroatoms. The molecule has 10 heavy (non-hydrogen) atoms. The molecule has 0 amide bonds. The van der Waals surface area contributed by atoms with Crippen molar-refractivity contribution >= 4 is 17.7 Å². The zero-order chi connectivity index (χ0) is 8.15. The predicted molar refractivity (Wildman–Crippen MR) is 32.5 cm³/mol. The first-order chi connectivity index (χ1) is 4.54. The Hall–Kier alpha value is -1.39. The molecule has 0 heterocycles. The topological polar surface area (TPSA) is 76.0 Å². The Labute approximate surface area is 57.3 Å². The van der Waals surface area contributed by atoms with E-state index in [2.05, 4.69) is 9.99 Å². The van der Waals surface area contributed by atoms with Crippen molar-refractivity contribution < 1.29 is 19.5 Å². The summed E-state index contributed by atoms with van der Waals surface area (Å²) in [5, 5.41) is 11.2. The van der Waals surface area contributed by atoms with Gasteiger partial charge in [0.1, 0.15) is 0 Å². The van der Waals surface area contributed by atoms with Crippen LogP contribution in [0.5, 0.6) is 0 Å². The van der Waals surface area contributed by atoms with Gasteiger partial charge in [-0.15, -0.1) is 0 Å². The molecule has 0 spiro atoms. The maximum Gasteiger partial charge on any atom is 0.353 e. The lowest BCUT2D eigenvalue weighted by atomic mass is 10.4. The number of oxime groups is 1. The standard InChI is InChI=1S/C5H7NO4/c1-3(5(8)9)6-10-4(2)7/h1-2H3,(H,8,9)/b6-3+. The zero-order valence-corrected chi connectivity index (χ0v) is 5.62. The van der Waals surface area contributed by atoms with Gasteiger partial charge in [-0.3, -0.25) is 0 Å². The first-order valence-corrected chi connectivity index (χ1v) is 2.49. The predicted octanol–water partition coefficient (Wildman–Crippen LogP) is 0.0100. The highest BCUT2D eigenvalue weighted by Crippen LogP contribution is 1.81. The Morgan fingerprint density at radius 1 is 1.40 bits per heavy atom. The molecule has 0 aromatic heterocycles. The van der Waals surface area contributed by atoms with Crippen molar-refractivity contribution in [3.63, 3.8) is 0 Å². The summed E-state index contributed by atoms with van der Waals surface area (Å²) in [6.45, 7) is 2.36. The number of hydrogen-bond acceptors (Lipinski definition) is 4. The molecule has 5 nitrogen and oxygen atoms in total. The summed E-state index contributed by atoms with van der Waals surface area (Å²) in [5.74, 6) is -1.85. The van der Waals surface area contributed by atoms with E-state index in [9.17, 15) is 9.59 Å². The van der Waals surface area contributed by atoms with E-state index in [1.54, 1.807) is 0 Å². The molecule has 0 fully saturated rings. The summed E-state index contributed by atoms with van der Waals surface area (Å²) in [6.07, 6.45) is 0. The van der Waals surface area contributed by atoms with Gasteiger partial charge in [0.05, 0.1) is 0 Å². The van der Waals surface area contributed by atoms with Crippen LogP contribution in [-0.4, -0.2) is 22.8 Å². The fourth-order valence-electron chi connectivity index (χ4n) is 0.172. The highest BCUT2D eigenvalue weighted by molar-refractivity contribution is 6.34. The molecule has 0 radical (unpaired) electrons. The summed E-state index contributed by atoms with van der Waals surface area (Å²) in [7, 11) is 0. The third-order valence-corrected chi connectivity index (χ3v) is 0.621. The zero-order valence-electron chi connectivity index (χ0n) is 5.62. The molecule has 0 unspecified atom stereocenters. The summed E-state index contributed by atoms with van der Waals surface area (Å²) in [6, 6.07) is 0. The molecule has 0 saturated heterocycles. The number of carboxylic acids is 1. The Bertz CT molecular complexity index is 184. The second-order valence-corrected chi connectivity index (χ2v) is 1.56. The van der Waals surface area contributed by atoms with Crippen LogP contribution < -0.4 is 0 Å². The van der Waals surface area contributed by atoms with Gasteiger partial charge in [-0.2, -0.15) is 0 Å². The van der Waals surface area contributed by atoms with E-state index < -0.39 is 11.9 Å². The molecule has 0 aliphatic carbocycles. The summed E-state index contributed by atoms with van der Waals surface area (Å²) >= 11 is 0. The van der Waals surface area contributed by atoms with Gasteiger partial charge < -0.3 is 9.94 Å².